The molecular formula is C15H12INO4. The molecule has 2 rings (SSSR count). The van der Waals surface area contributed by atoms with Crippen LogP contribution < -0.4 is 4.74 Å². The molecule has 2 aromatic rings. The zero-order valence-corrected chi connectivity index (χ0v) is 13.4. The molecule has 0 spiro atoms. The van der Waals surface area contributed by atoms with Crippen molar-refractivity contribution < 1.29 is 14.5 Å². The molecule has 0 amide bonds. The molecule has 0 fully saturated rings. The standard InChI is InChI=1S/C15H12INO4/c1-10-8-13(17(19)20)6-7-15(10)21-9-14(18)11-2-4-12(16)5-3-11/h2-8H,9H2,1H3. The van der Waals surface area contributed by atoms with Crippen LogP contribution in [0.3, 0.4) is 0 Å². The van der Waals surface area contributed by atoms with Crippen molar-refractivity contribution in [1.82, 2.24) is 0 Å². The zero-order chi connectivity index (χ0) is 15.4. The van der Waals surface area contributed by atoms with Crippen molar-refractivity contribution in [3.63, 3.8) is 0 Å². The van der Waals surface area contributed by atoms with E-state index in [1.807, 2.05) is 12.1 Å². The quantitative estimate of drug-likeness (QED) is 0.333. The van der Waals surface area contributed by atoms with Crippen LogP contribution >= 0.6 is 22.6 Å². The molecular weight excluding hydrogens is 385 g/mol. The Morgan fingerprint density at radius 2 is 1.90 bits per heavy atom. The second-order valence-electron chi connectivity index (χ2n) is 4.43. The summed E-state index contributed by atoms with van der Waals surface area (Å²) in [5.41, 5.74) is 1.21. The minimum atomic E-state index is -0.465. The summed E-state index contributed by atoms with van der Waals surface area (Å²) in [7, 11) is 0. The highest BCUT2D eigenvalue weighted by Crippen LogP contribution is 2.23. The van der Waals surface area contributed by atoms with E-state index in [9.17, 15) is 14.9 Å². The molecule has 0 aliphatic heterocycles. The third-order valence-corrected chi connectivity index (χ3v) is 3.61. The molecule has 0 aromatic heterocycles. The third kappa shape index (κ3) is 4.01. The number of nitrogens with zero attached hydrogens (tertiary/aromatic N) is 1. The first kappa shape index (κ1) is 15.4. The molecule has 0 N–H and O–H groups in total. The minimum absolute atomic E-state index is 0.00353. The van der Waals surface area contributed by atoms with E-state index >= 15 is 0 Å². The fourth-order valence-electron chi connectivity index (χ4n) is 1.77. The first-order valence-electron chi connectivity index (χ1n) is 6.14. The molecule has 0 saturated carbocycles. The van der Waals surface area contributed by atoms with Crippen LogP contribution in [-0.2, 0) is 0 Å². The van der Waals surface area contributed by atoms with Gasteiger partial charge in [0.05, 0.1) is 4.92 Å². The maximum absolute atomic E-state index is 12.0. The molecule has 2 aromatic carbocycles. The Morgan fingerprint density at radius 3 is 2.48 bits per heavy atom. The van der Waals surface area contributed by atoms with Gasteiger partial charge in [-0.05, 0) is 53.3 Å². The van der Waals surface area contributed by atoms with Crippen LogP contribution in [0.2, 0.25) is 0 Å². The van der Waals surface area contributed by atoms with Crippen molar-refractivity contribution in [3.8, 4) is 5.75 Å². The Balaban J connectivity index is 2.04. The zero-order valence-electron chi connectivity index (χ0n) is 11.2. The lowest BCUT2D eigenvalue weighted by molar-refractivity contribution is -0.384. The van der Waals surface area contributed by atoms with Crippen LogP contribution in [0, 0.1) is 20.6 Å². The van der Waals surface area contributed by atoms with E-state index in [2.05, 4.69) is 22.6 Å². The Morgan fingerprint density at radius 1 is 1.24 bits per heavy atom. The van der Waals surface area contributed by atoms with Gasteiger partial charge in [0.1, 0.15) is 5.75 Å². The Bertz CT molecular complexity index is 683. The number of benzene rings is 2. The fourth-order valence-corrected chi connectivity index (χ4v) is 2.13. The van der Waals surface area contributed by atoms with Crippen LogP contribution in [0.1, 0.15) is 15.9 Å². The van der Waals surface area contributed by atoms with Crippen molar-refractivity contribution in [2.75, 3.05) is 6.61 Å². The van der Waals surface area contributed by atoms with Crippen LogP contribution in [0.4, 0.5) is 5.69 Å². The number of hydrogen-bond acceptors (Lipinski definition) is 4. The van der Waals surface area contributed by atoms with Crippen LogP contribution in [0.25, 0.3) is 0 Å². The number of halogens is 1. The second-order valence-corrected chi connectivity index (χ2v) is 5.67. The first-order valence-corrected chi connectivity index (χ1v) is 7.22. The highest BCUT2D eigenvalue weighted by atomic mass is 127. The third-order valence-electron chi connectivity index (χ3n) is 2.89. The maximum Gasteiger partial charge on any atom is 0.269 e. The highest BCUT2D eigenvalue weighted by molar-refractivity contribution is 14.1. The fraction of sp³-hybridized carbons (Fsp3) is 0.133. The largest absolute Gasteiger partial charge is 0.485 e. The number of aryl methyl sites for hydroxylation is 1. The average Bonchev–Trinajstić information content (AvgIpc) is 2.46. The summed E-state index contributed by atoms with van der Waals surface area (Å²) in [6, 6.07) is 11.5. The summed E-state index contributed by atoms with van der Waals surface area (Å²) in [6.45, 7) is 1.61. The number of nitro groups is 1. The predicted octanol–water partition coefficient (Wildman–Crippen LogP) is 3.77. The van der Waals surface area contributed by atoms with Gasteiger partial charge in [0, 0.05) is 21.3 Å². The lowest BCUT2D eigenvalue weighted by atomic mass is 10.1. The predicted molar refractivity (Wildman–Crippen MR) is 86.8 cm³/mol. The second kappa shape index (κ2) is 6.66. The summed E-state index contributed by atoms with van der Waals surface area (Å²) in [5, 5.41) is 10.7. The van der Waals surface area contributed by atoms with Crippen molar-refractivity contribution >= 4 is 34.1 Å². The lowest BCUT2D eigenvalue weighted by Crippen LogP contribution is -2.12. The van der Waals surface area contributed by atoms with E-state index in [-0.39, 0.29) is 18.1 Å². The minimum Gasteiger partial charge on any atom is -0.485 e. The smallest absolute Gasteiger partial charge is 0.269 e. The Hall–Kier alpha value is -1.96. The van der Waals surface area contributed by atoms with Gasteiger partial charge in [-0.1, -0.05) is 12.1 Å². The number of carbonyl (C=O) groups excluding carboxylic acids is 1. The summed E-state index contributed by atoms with van der Waals surface area (Å²) in [5.74, 6) is 0.337. The number of hydrogen-bond donors (Lipinski definition) is 0. The number of carbonyl (C=O) groups is 1. The van der Waals surface area contributed by atoms with E-state index < -0.39 is 4.92 Å². The van der Waals surface area contributed by atoms with E-state index in [4.69, 9.17) is 4.74 Å². The molecule has 0 radical (unpaired) electrons. The monoisotopic (exact) mass is 397 g/mol. The van der Waals surface area contributed by atoms with Gasteiger partial charge in [-0.3, -0.25) is 14.9 Å². The van der Waals surface area contributed by atoms with Gasteiger partial charge in [0.15, 0.2) is 12.4 Å². The van der Waals surface area contributed by atoms with Crippen LogP contribution in [-0.4, -0.2) is 17.3 Å². The van der Waals surface area contributed by atoms with Crippen molar-refractivity contribution in [3.05, 3.63) is 67.3 Å². The molecule has 0 bridgehead atoms. The topological polar surface area (TPSA) is 69.4 Å². The summed E-state index contributed by atoms with van der Waals surface area (Å²) in [4.78, 5) is 22.2. The summed E-state index contributed by atoms with van der Waals surface area (Å²) in [6.07, 6.45) is 0. The van der Waals surface area contributed by atoms with Gasteiger partial charge in [0.25, 0.3) is 5.69 Å². The van der Waals surface area contributed by atoms with Crippen LogP contribution in [0.15, 0.2) is 42.5 Å². The number of non-ortho nitro benzene ring substituents is 1. The molecule has 0 saturated heterocycles. The molecule has 0 heterocycles. The van der Waals surface area contributed by atoms with Crippen molar-refractivity contribution in [1.29, 1.82) is 0 Å². The number of ether oxygens (including phenoxy) is 1. The van der Waals surface area contributed by atoms with E-state index in [0.717, 1.165) is 3.57 Å². The van der Waals surface area contributed by atoms with Gasteiger partial charge >= 0.3 is 0 Å². The Labute approximate surface area is 135 Å². The summed E-state index contributed by atoms with van der Waals surface area (Å²) < 4.78 is 6.50. The van der Waals surface area contributed by atoms with Gasteiger partial charge in [-0.15, -0.1) is 0 Å². The summed E-state index contributed by atoms with van der Waals surface area (Å²) >= 11 is 2.17. The molecule has 5 nitrogen and oxygen atoms in total. The Kier molecular flexibility index (Phi) is 4.89. The van der Waals surface area contributed by atoms with Gasteiger partial charge in [0.2, 0.25) is 0 Å². The lowest BCUT2D eigenvalue weighted by Gasteiger charge is -2.08. The molecule has 0 unspecified atom stereocenters. The number of ketones is 1. The molecule has 6 heteroatoms. The molecule has 0 atom stereocenters. The average molecular weight is 397 g/mol. The van der Waals surface area contributed by atoms with Crippen molar-refractivity contribution in [2.24, 2.45) is 0 Å². The molecule has 0 aliphatic rings. The molecule has 108 valence electrons. The molecule has 21 heavy (non-hydrogen) atoms. The first-order chi connectivity index (χ1) is 9.97. The molecule has 0 aliphatic carbocycles. The highest BCUT2D eigenvalue weighted by Gasteiger charge is 2.11. The van der Waals surface area contributed by atoms with E-state index in [0.29, 0.717) is 16.9 Å². The van der Waals surface area contributed by atoms with Crippen LogP contribution in [0.5, 0.6) is 5.75 Å². The van der Waals surface area contributed by atoms with E-state index in [1.165, 1.54) is 18.2 Å². The van der Waals surface area contributed by atoms with Crippen molar-refractivity contribution in [2.45, 2.75) is 6.92 Å². The van der Waals surface area contributed by atoms with Gasteiger partial charge in [-0.2, -0.15) is 0 Å². The number of nitro benzene ring substituents is 1. The van der Waals surface area contributed by atoms with E-state index in [1.54, 1.807) is 19.1 Å². The SMILES string of the molecule is Cc1cc([N+](=O)[O-])ccc1OCC(=O)c1ccc(I)cc1. The number of Topliss-reactive ketones (excluding diaryl/α,β-unsaturated/α-hetero) is 1. The maximum atomic E-state index is 12.0. The number of rotatable bonds is 5. The van der Waals surface area contributed by atoms with Gasteiger partial charge in [-0.25, -0.2) is 0 Å². The van der Waals surface area contributed by atoms with Gasteiger partial charge < -0.3 is 4.74 Å². The normalized spacial score (nSPS) is 10.2.